The van der Waals surface area contributed by atoms with Crippen molar-refractivity contribution >= 4 is 5.91 Å². The standard InChI is InChI=1S/C18H21N3O/c1-19-17-10-4-5-12-21(17)18(22)16-9-3-2-8-15(16)14-7-6-11-20-13-14/h2-3,6-9,11,13,17,19H,4-5,10,12H2,1H3. The van der Waals surface area contributed by atoms with E-state index in [-0.39, 0.29) is 12.1 Å². The summed E-state index contributed by atoms with van der Waals surface area (Å²) in [4.78, 5) is 19.2. The van der Waals surface area contributed by atoms with Gasteiger partial charge in [-0.05, 0) is 44.0 Å². The Labute approximate surface area is 131 Å². The van der Waals surface area contributed by atoms with Crippen LogP contribution in [0.3, 0.4) is 0 Å². The summed E-state index contributed by atoms with van der Waals surface area (Å²) in [6, 6.07) is 11.7. The van der Waals surface area contributed by atoms with E-state index in [4.69, 9.17) is 0 Å². The van der Waals surface area contributed by atoms with E-state index >= 15 is 0 Å². The quantitative estimate of drug-likeness (QED) is 0.947. The van der Waals surface area contributed by atoms with Crippen molar-refractivity contribution in [2.24, 2.45) is 0 Å². The lowest BCUT2D eigenvalue weighted by Crippen LogP contribution is -2.50. The van der Waals surface area contributed by atoms with E-state index in [1.807, 2.05) is 48.3 Å². The number of pyridine rings is 1. The molecule has 1 aromatic carbocycles. The highest BCUT2D eigenvalue weighted by molar-refractivity contribution is 6.01. The number of nitrogens with zero attached hydrogens (tertiary/aromatic N) is 2. The number of nitrogens with one attached hydrogen (secondary N) is 1. The monoisotopic (exact) mass is 295 g/mol. The lowest BCUT2D eigenvalue weighted by molar-refractivity contribution is 0.0576. The molecule has 1 amide bonds. The molecule has 0 aliphatic carbocycles. The van der Waals surface area contributed by atoms with E-state index in [1.54, 1.807) is 12.4 Å². The molecule has 2 aromatic rings. The first-order chi connectivity index (χ1) is 10.8. The fourth-order valence-electron chi connectivity index (χ4n) is 3.07. The summed E-state index contributed by atoms with van der Waals surface area (Å²) in [5, 5.41) is 3.26. The Morgan fingerprint density at radius 1 is 1.23 bits per heavy atom. The molecule has 4 nitrogen and oxygen atoms in total. The Bertz CT molecular complexity index is 642. The van der Waals surface area contributed by atoms with Gasteiger partial charge in [-0.1, -0.05) is 24.3 Å². The number of amides is 1. The number of aromatic nitrogens is 1. The minimum atomic E-state index is 0.0958. The van der Waals surface area contributed by atoms with Crippen LogP contribution in [0.1, 0.15) is 29.6 Å². The van der Waals surface area contributed by atoms with Gasteiger partial charge < -0.3 is 10.2 Å². The van der Waals surface area contributed by atoms with Crippen molar-refractivity contribution in [3.05, 3.63) is 54.4 Å². The number of rotatable bonds is 3. The predicted molar refractivity (Wildman–Crippen MR) is 87.4 cm³/mol. The van der Waals surface area contributed by atoms with Crippen molar-refractivity contribution in [3.8, 4) is 11.1 Å². The molecule has 1 fully saturated rings. The van der Waals surface area contributed by atoms with Crippen LogP contribution >= 0.6 is 0 Å². The van der Waals surface area contributed by atoms with Gasteiger partial charge in [-0.25, -0.2) is 0 Å². The molecule has 1 N–H and O–H groups in total. The Kier molecular flexibility index (Phi) is 4.49. The SMILES string of the molecule is CNC1CCCCN1C(=O)c1ccccc1-c1cccnc1. The first kappa shape index (κ1) is 14.7. The van der Waals surface area contributed by atoms with Crippen LogP contribution in [0, 0.1) is 0 Å². The second-order valence-corrected chi connectivity index (χ2v) is 5.59. The molecule has 3 rings (SSSR count). The van der Waals surface area contributed by atoms with Crippen LogP contribution in [0.25, 0.3) is 11.1 Å². The number of hydrogen-bond donors (Lipinski definition) is 1. The molecule has 1 atom stereocenters. The third kappa shape index (κ3) is 2.88. The second-order valence-electron chi connectivity index (χ2n) is 5.59. The van der Waals surface area contributed by atoms with Crippen molar-refractivity contribution in [2.45, 2.75) is 25.4 Å². The second kappa shape index (κ2) is 6.71. The van der Waals surface area contributed by atoms with Crippen LogP contribution in [-0.4, -0.2) is 35.5 Å². The summed E-state index contributed by atoms with van der Waals surface area (Å²) in [5.74, 6) is 0.0958. The Balaban J connectivity index is 1.96. The van der Waals surface area contributed by atoms with Crippen LogP contribution in [0.4, 0.5) is 0 Å². The van der Waals surface area contributed by atoms with Gasteiger partial charge in [-0.2, -0.15) is 0 Å². The average molecular weight is 295 g/mol. The van der Waals surface area contributed by atoms with Gasteiger partial charge in [0.15, 0.2) is 0 Å². The van der Waals surface area contributed by atoms with Crippen LogP contribution in [-0.2, 0) is 0 Å². The number of hydrogen-bond acceptors (Lipinski definition) is 3. The molecule has 114 valence electrons. The number of carbonyl (C=O) groups is 1. The largest absolute Gasteiger partial charge is 0.323 e. The smallest absolute Gasteiger partial charge is 0.255 e. The Morgan fingerprint density at radius 2 is 2.09 bits per heavy atom. The molecule has 2 heterocycles. The van der Waals surface area contributed by atoms with Gasteiger partial charge in [0.05, 0.1) is 6.17 Å². The number of likely N-dealkylation sites (tertiary alicyclic amines) is 1. The maximum atomic E-state index is 13.0. The molecule has 1 aliphatic heterocycles. The number of carbonyl (C=O) groups excluding carboxylic acids is 1. The molecular weight excluding hydrogens is 274 g/mol. The van der Waals surface area contributed by atoms with Crippen molar-refractivity contribution in [1.29, 1.82) is 0 Å². The lowest BCUT2D eigenvalue weighted by Gasteiger charge is -2.35. The fraction of sp³-hybridized carbons (Fsp3) is 0.333. The predicted octanol–water partition coefficient (Wildman–Crippen LogP) is 2.92. The molecule has 4 heteroatoms. The summed E-state index contributed by atoms with van der Waals surface area (Å²) >= 11 is 0. The average Bonchev–Trinajstić information content (AvgIpc) is 2.62. The topological polar surface area (TPSA) is 45.2 Å². The molecule has 0 saturated carbocycles. The highest BCUT2D eigenvalue weighted by Gasteiger charge is 2.27. The normalized spacial score (nSPS) is 18.2. The Hall–Kier alpha value is -2.20. The maximum absolute atomic E-state index is 13.0. The van der Waals surface area contributed by atoms with E-state index in [1.165, 1.54) is 6.42 Å². The van der Waals surface area contributed by atoms with Gasteiger partial charge >= 0.3 is 0 Å². The van der Waals surface area contributed by atoms with Crippen LogP contribution in [0.15, 0.2) is 48.8 Å². The van der Waals surface area contributed by atoms with Crippen molar-refractivity contribution in [3.63, 3.8) is 0 Å². The zero-order chi connectivity index (χ0) is 15.4. The van der Waals surface area contributed by atoms with E-state index < -0.39 is 0 Å². The molecule has 0 radical (unpaired) electrons. The van der Waals surface area contributed by atoms with Crippen molar-refractivity contribution < 1.29 is 4.79 Å². The molecule has 0 spiro atoms. The zero-order valence-electron chi connectivity index (χ0n) is 12.8. The Morgan fingerprint density at radius 3 is 2.86 bits per heavy atom. The minimum Gasteiger partial charge on any atom is -0.323 e. The number of benzene rings is 1. The molecule has 1 unspecified atom stereocenters. The third-order valence-corrected chi connectivity index (χ3v) is 4.23. The zero-order valence-corrected chi connectivity index (χ0v) is 12.8. The first-order valence-corrected chi connectivity index (χ1v) is 7.79. The molecule has 1 aromatic heterocycles. The summed E-state index contributed by atoms with van der Waals surface area (Å²) in [5.41, 5.74) is 2.67. The van der Waals surface area contributed by atoms with E-state index in [0.717, 1.165) is 36.1 Å². The van der Waals surface area contributed by atoms with Gasteiger partial charge in [0, 0.05) is 30.1 Å². The van der Waals surface area contributed by atoms with Gasteiger partial charge in [0.25, 0.3) is 5.91 Å². The summed E-state index contributed by atoms with van der Waals surface area (Å²) in [7, 11) is 1.92. The van der Waals surface area contributed by atoms with Crippen molar-refractivity contribution in [1.82, 2.24) is 15.2 Å². The third-order valence-electron chi connectivity index (χ3n) is 4.23. The molecule has 0 bridgehead atoms. The maximum Gasteiger partial charge on any atom is 0.255 e. The molecule has 1 aliphatic rings. The number of piperidine rings is 1. The summed E-state index contributed by atoms with van der Waals surface area (Å²) < 4.78 is 0. The van der Waals surface area contributed by atoms with Crippen LogP contribution in [0.5, 0.6) is 0 Å². The van der Waals surface area contributed by atoms with Gasteiger partial charge in [0.2, 0.25) is 0 Å². The van der Waals surface area contributed by atoms with Crippen molar-refractivity contribution in [2.75, 3.05) is 13.6 Å². The molecule has 1 saturated heterocycles. The van der Waals surface area contributed by atoms with E-state index in [9.17, 15) is 4.79 Å². The highest BCUT2D eigenvalue weighted by Crippen LogP contribution is 2.26. The highest BCUT2D eigenvalue weighted by atomic mass is 16.2. The van der Waals surface area contributed by atoms with Gasteiger partial charge in [-0.3, -0.25) is 9.78 Å². The summed E-state index contributed by atoms with van der Waals surface area (Å²) in [6.07, 6.45) is 6.92. The first-order valence-electron chi connectivity index (χ1n) is 7.79. The molecular formula is C18H21N3O. The minimum absolute atomic E-state index is 0.0958. The van der Waals surface area contributed by atoms with E-state index in [0.29, 0.717) is 0 Å². The van der Waals surface area contributed by atoms with Gasteiger partial charge in [-0.15, -0.1) is 0 Å². The lowest BCUT2D eigenvalue weighted by atomic mass is 9.98. The van der Waals surface area contributed by atoms with Crippen LogP contribution < -0.4 is 5.32 Å². The summed E-state index contributed by atoms with van der Waals surface area (Å²) in [6.45, 7) is 0.811. The van der Waals surface area contributed by atoms with Crippen LogP contribution in [0.2, 0.25) is 0 Å². The van der Waals surface area contributed by atoms with E-state index in [2.05, 4.69) is 10.3 Å². The van der Waals surface area contributed by atoms with Gasteiger partial charge in [0.1, 0.15) is 0 Å². The molecule has 22 heavy (non-hydrogen) atoms. The fourth-order valence-corrected chi connectivity index (χ4v) is 3.07.